The minimum atomic E-state index is -0.0370. The molecule has 1 aliphatic rings. The Balaban J connectivity index is 1.78. The third-order valence-electron chi connectivity index (χ3n) is 5.84. The zero-order valence-corrected chi connectivity index (χ0v) is 18.9. The molecule has 2 aromatic heterocycles. The van der Waals surface area contributed by atoms with Crippen molar-refractivity contribution in [3.63, 3.8) is 0 Å². The smallest absolute Gasteiger partial charge is 0.170 e. The first kappa shape index (κ1) is 21.3. The number of aromatic nitrogens is 2. The molecule has 3 aromatic rings. The first-order valence-corrected chi connectivity index (χ1v) is 10.9. The molecule has 0 saturated carbocycles. The topological polar surface area (TPSA) is 62.5 Å². The van der Waals surface area contributed by atoms with Crippen molar-refractivity contribution < 1.29 is 9.84 Å². The molecule has 0 spiro atoms. The summed E-state index contributed by atoms with van der Waals surface area (Å²) >= 11 is 5.75. The van der Waals surface area contributed by atoms with Crippen LogP contribution in [-0.2, 0) is 4.74 Å². The van der Waals surface area contributed by atoms with Gasteiger partial charge in [-0.1, -0.05) is 6.07 Å². The number of phenols is 1. The summed E-state index contributed by atoms with van der Waals surface area (Å²) in [6, 6.07) is 15.5. The third kappa shape index (κ3) is 4.16. The van der Waals surface area contributed by atoms with Gasteiger partial charge in [0.1, 0.15) is 5.75 Å². The lowest BCUT2D eigenvalue weighted by molar-refractivity contribution is 0.180. The number of phenolic OH excluding ortho intramolecular Hbond substituents is 1. The number of hydrogen-bond acceptors (Lipinski definition) is 4. The number of pyridine rings is 1. The van der Waals surface area contributed by atoms with E-state index in [1.807, 2.05) is 36.5 Å². The molecule has 4 rings (SSSR count). The van der Waals surface area contributed by atoms with Crippen molar-refractivity contribution in [1.29, 1.82) is 0 Å². The molecule has 6 nitrogen and oxygen atoms in total. The van der Waals surface area contributed by atoms with Crippen molar-refractivity contribution in [3.05, 3.63) is 77.4 Å². The van der Waals surface area contributed by atoms with Crippen LogP contribution in [0.4, 0.5) is 0 Å². The highest BCUT2D eigenvalue weighted by atomic mass is 32.1. The van der Waals surface area contributed by atoms with Crippen molar-refractivity contribution in [1.82, 2.24) is 19.8 Å². The van der Waals surface area contributed by atoms with Crippen LogP contribution < -0.4 is 5.32 Å². The van der Waals surface area contributed by atoms with Crippen molar-refractivity contribution >= 4 is 17.3 Å². The van der Waals surface area contributed by atoms with Crippen molar-refractivity contribution in [2.75, 3.05) is 20.3 Å². The van der Waals surface area contributed by atoms with E-state index in [0.717, 1.165) is 40.8 Å². The Hall–Kier alpha value is -2.90. The zero-order valence-electron chi connectivity index (χ0n) is 18.1. The van der Waals surface area contributed by atoms with Crippen LogP contribution in [0.25, 0.3) is 5.69 Å². The second kappa shape index (κ2) is 9.08. The van der Waals surface area contributed by atoms with Gasteiger partial charge < -0.3 is 24.6 Å². The summed E-state index contributed by atoms with van der Waals surface area (Å²) in [7, 11) is 1.72. The average Bonchev–Trinajstić information content (AvgIpc) is 3.25. The van der Waals surface area contributed by atoms with E-state index in [9.17, 15) is 5.11 Å². The highest BCUT2D eigenvalue weighted by molar-refractivity contribution is 7.80. The molecule has 31 heavy (non-hydrogen) atoms. The lowest BCUT2D eigenvalue weighted by Gasteiger charge is -2.28. The largest absolute Gasteiger partial charge is 0.508 e. The van der Waals surface area contributed by atoms with Crippen LogP contribution in [0.5, 0.6) is 5.75 Å². The number of aryl methyl sites for hydroxylation is 1. The summed E-state index contributed by atoms with van der Waals surface area (Å²) in [6.07, 6.45) is 2.71. The summed E-state index contributed by atoms with van der Waals surface area (Å²) < 4.78 is 7.50. The number of methoxy groups -OCH3 is 1. The highest BCUT2D eigenvalue weighted by Gasteiger charge is 2.41. The van der Waals surface area contributed by atoms with Crippen LogP contribution >= 0.6 is 12.2 Å². The van der Waals surface area contributed by atoms with Crippen LogP contribution in [-0.4, -0.2) is 44.9 Å². The fourth-order valence-corrected chi connectivity index (χ4v) is 4.78. The predicted octanol–water partition coefficient (Wildman–Crippen LogP) is 4.20. The summed E-state index contributed by atoms with van der Waals surface area (Å²) in [5, 5.41) is 13.9. The molecule has 2 atom stereocenters. The van der Waals surface area contributed by atoms with Crippen LogP contribution in [0.15, 0.2) is 54.7 Å². The lowest BCUT2D eigenvalue weighted by Crippen LogP contribution is -2.31. The molecule has 162 valence electrons. The Morgan fingerprint density at radius 3 is 2.61 bits per heavy atom. The van der Waals surface area contributed by atoms with E-state index in [0.29, 0.717) is 6.61 Å². The van der Waals surface area contributed by atoms with Gasteiger partial charge in [-0.25, -0.2) is 0 Å². The normalized spacial score (nSPS) is 18.4. The molecule has 0 bridgehead atoms. The predicted molar refractivity (Wildman–Crippen MR) is 126 cm³/mol. The maximum absolute atomic E-state index is 9.69. The van der Waals surface area contributed by atoms with Gasteiger partial charge >= 0.3 is 0 Å². The Labute approximate surface area is 188 Å². The van der Waals surface area contributed by atoms with E-state index in [1.165, 1.54) is 5.56 Å². The van der Waals surface area contributed by atoms with E-state index in [1.54, 1.807) is 19.2 Å². The Morgan fingerprint density at radius 2 is 1.94 bits per heavy atom. The molecule has 1 aromatic carbocycles. The molecule has 2 N–H and O–H groups in total. The minimum absolute atomic E-state index is 0.0244. The van der Waals surface area contributed by atoms with Crippen LogP contribution in [0.2, 0.25) is 0 Å². The molecule has 1 fully saturated rings. The van der Waals surface area contributed by atoms with Gasteiger partial charge in [-0.05, 0) is 80.5 Å². The van der Waals surface area contributed by atoms with Crippen LogP contribution in [0.1, 0.15) is 41.1 Å². The monoisotopic (exact) mass is 436 g/mol. The van der Waals surface area contributed by atoms with Gasteiger partial charge in [0.15, 0.2) is 5.11 Å². The number of thiocarbonyl (C=S) groups is 1. The summed E-state index contributed by atoms with van der Waals surface area (Å²) in [4.78, 5) is 6.88. The van der Waals surface area contributed by atoms with Crippen molar-refractivity contribution in [2.45, 2.75) is 32.4 Å². The summed E-state index contributed by atoms with van der Waals surface area (Å²) in [5.41, 5.74) is 5.49. The Kier molecular flexibility index (Phi) is 6.25. The van der Waals surface area contributed by atoms with Gasteiger partial charge in [-0.2, -0.15) is 0 Å². The maximum atomic E-state index is 9.69. The molecule has 3 heterocycles. The van der Waals surface area contributed by atoms with E-state index in [4.69, 9.17) is 17.0 Å². The van der Waals surface area contributed by atoms with Gasteiger partial charge in [-0.3, -0.25) is 4.98 Å². The quantitative estimate of drug-likeness (QED) is 0.428. The molecule has 0 unspecified atom stereocenters. The molecule has 0 radical (unpaired) electrons. The van der Waals surface area contributed by atoms with Crippen LogP contribution in [0.3, 0.4) is 0 Å². The standard InChI is InChI=1S/C24H28N4O2S/c1-16-15-20(17(2)28(16)18-8-10-19(29)11-9-18)23-22(21-7-4-5-12-25-21)26-24(31)27(23)13-6-14-30-3/h4-5,7-12,15,22-23,29H,6,13-14H2,1-3H3,(H,26,31)/t22-,23+/m0/s1. The number of ether oxygens (including phenoxy) is 1. The molecule has 0 aliphatic carbocycles. The number of nitrogens with zero attached hydrogens (tertiary/aromatic N) is 3. The lowest BCUT2D eigenvalue weighted by atomic mass is 9.96. The fraction of sp³-hybridized carbons (Fsp3) is 0.333. The first-order valence-electron chi connectivity index (χ1n) is 10.5. The number of rotatable bonds is 7. The number of aromatic hydroxyl groups is 1. The SMILES string of the molecule is COCCCN1C(=S)N[C@@H](c2ccccn2)[C@H]1c1cc(C)n(-c2ccc(O)cc2)c1C. The Bertz CT molecular complexity index is 1050. The zero-order chi connectivity index (χ0) is 22.0. The van der Waals surface area contributed by atoms with E-state index in [-0.39, 0.29) is 17.8 Å². The van der Waals surface area contributed by atoms with Gasteiger partial charge in [0, 0.05) is 43.5 Å². The molecule has 1 saturated heterocycles. The second-order valence-electron chi connectivity index (χ2n) is 7.84. The van der Waals surface area contributed by atoms with Crippen molar-refractivity contribution in [2.24, 2.45) is 0 Å². The summed E-state index contributed by atoms with van der Waals surface area (Å²) in [5.74, 6) is 0.260. The van der Waals surface area contributed by atoms with Crippen molar-refractivity contribution in [3.8, 4) is 11.4 Å². The second-order valence-corrected chi connectivity index (χ2v) is 8.23. The highest BCUT2D eigenvalue weighted by Crippen LogP contribution is 2.41. The number of benzene rings is 1. The van der Waals surface area contributed by atoms with Gasteiger partial charge in [-0.15, -0.1) is 0 Å². The Morgan fingerprint density at radius 1 is 1.16 bits per heavy atom. The number of hydrogen-bond donors (Lipinski definition) is 2. The molecule has 1 aliphatic heterocycles. The van der Waals surface area contributed by atoms with E-state index >= 15 is 0 Å². The van der Waals surface area contributed by atoms with E-state index in [2.05, 4.69) is 39.7 Å². The van der Waals surface area contributed by atoms with Gasteiger partial charge in [0.05, 0.1) is 17.8 Å². The number of nitrogens with one attached hydrogen (secondary N) is 1. The van der Waals surface area contributed by atoms with Gasteiger partial charge in [0.25, 0.3) is 0 Å². The van der Waals surface area contributed by atoms with Gasteiger partial charge in [0.2, 0.25) is 0 Å². The molecular weight excluding hydrogens is 408 g/mol. The third-order valence-corrected chi connectivity index (χ3v) is 6.19. The molecular formula is C24H28N4O2S. The van der Waals surface area contributed by atoms with E-state index < -0.39 is 0 Å². The molecule has 7 heteroatoms. The molecule has 0 amide bonds. The fourth-order valence-electron chi connectivity index (χ4n) is 4.45. The summed E-state index contributed by atoms with van der Waals surface area (Å²) in [6.45, 7) is 5.73. The maximum Gasteiger partial charge on any atom is 0.170 e. The van der Waals surface area contributed by atoms with Crippen LogP contribution in [0, 0.1) is 13.8 Å². The average molecular weight is 437 g/mol. The first-order chi connectivity index (χ1) is 15.0. The minimum Gasteiger partial charge on any atom is -0.508 e.